The number of hydrogen-bond donors (Lipinski definition) is 1. The van der Waals surface area contributed by atoms with Gasteiger partial charge in [-0.2, -0.15) is 0 Å². The molecule has 0 amide bonds. The molecule has 0 bridgehead atoms. The predicted molar refractivity (Wildman–Crippen MR) is 111 cm³/mol. The third kappa shape index (κ3) is 18.0. The summed E-state index contributed by atoms with van der Waals surface area (Å²) in [5, 5.41) is 8.46. The van der Waals surface area contributed by atoms with E-state index in [4.69, 9.17) is 5.11 Å². The molecule has 0 aromatic carbocycles. The zero-order valence-electron chi connectivity index (χ0n) is 18.1. The van der Waals surface area contributed by atoms with E-state index in [-0.39, 0.29) is 0 Å². The van der Waals surface area contributed by atoms with Gasteiger partial charge < -0.3 is 9.59 Å². The van der Waals surface area contributed by atoms with Gasteiger partial charge in [0, 0.05) is 6.42 Å². The van der Waals surface area contributed by atoms with E-state index in [0.717, 1.165) is 12.8 Å². The summed E-state index contributed by atoms with van der Waals surface area (Å²) in [5.74, 6) is -0.657. The molecule has 0 rings (SSSR count). The third-order valence-corrected chi connectivity index (χ3v) is 5.68. The lowest BCUT2D eigenvalue weighted by atomic mass is 10.1. The molecule has 0 radical (unpaired) electrons. The molecule has 3 nitrogen and oxygen atoms in total. The van der Waals surface area contributed by atoms with Crippen LogP contribution < -0.4 is 0 Å². The minimum absolute atomic E-state index is 0.344. The van der Waals surface area contributed by atoms with Gasteiger partial charge in [-0.15, -0.1) is 0 Å². The second-order valence-electron chi connectivity index (χ2n) is 7.29. The van der Waals surface area contributed by atoms with Gasteiger partial charge in [0.25, 0.3) is 0 Å². The second kappa shape index (κ2) is 19.8. The van der Waals surface area contributed by atoms with Crippen LogP contribution in [0.1, 0.15) is 112 Å². The van der Waals surface area contributed by atoms with Gasteiger partial charge >= 0.3 is 5.97 Å². The standard InChI is InChI=1S/C14H28O2.C8H20N/c1-2-3-4-5-6-7-8-9-10-11-12-13-14(15)16;1-5-9(6-2,7-3)8-4/h2-13H2,1H3,(H,15,16);5-8H2,1-4H3/q;+1. The van der Waals surface area contributed by atoms with Gasteiger partial charge in [-0.1, -0.05) is 71.1 Å². The first kappa shape index (κ1) is 26.7. The zero-order valence-corrected chi connectivity index (χ0v) is 18.1. The van der Waals surface area contributed by atoms with Gasteiger partial charge in [-0.05, 0) is 34.1 Å². The van der Waals surface area contributed by atoms with Crippen molar-refractivity contribution in [2.75, 3.05) is 26.2 Å². The van der Waals surface area contributed by atoms with Gasteiger partial charge in [0.2, 0.25) is 0 Å². The highest BCUT2D eigenvalue weighted by atomic mass is 16.4. The molecule has 0 aliphatic rings. The topological polar surface area (TPSA) is 37.3 Å². The van der Waals surface area contributed by atoms with Crippen LogP contribution in [-0.4, -0.2) is 41.7 Å². The summed E-state index contributed by atoms with van der Waals surface area (Å²) in [6.45, 7) is 16.5. The van der Waals surface area contributed by atoms with E-state index in [9.17, 15) is 4.79 Å². The number of carboxylic acid groups (broad SMARTS) is 1. The van der Waals surface area contributed by atoms with Crippen LogP contribution in [0.2, 0.25) is 0 Å². The van der Waals surface area contributed by atoms with Gasteiger partial charge in [-0.3, -0.25) is 4.79 Å². The fraction of sp³-hybridized carbons (Fsp3) is 0.955. The Balaban J connectivity index is 0. The molecular weight excluding hydrogens is 310 g/mol. The molecule has 0 heterocycles. The first-order valence-corrected chi connectivity index (χ1v) is 11.1. The van der Waals surface area contributed by atoms with E-state index < -0.39 is 5.97 Å². The summed E-state index contributed by atoms with van der Waals surface area (Å²) < 4.78 is 1.28. The number of quaternary nitrogens is 1. The average molecular weight is 359 g/mol. The lowest BCUT2D eigenvalue weighted by molar-refractivity contribution is -0.921. The van der Waals surface area contributed by atoms with Crippen molar-refractivity contribution < 1.29 is 14.4 Å². The van der Waals surface area contributed by atoms with E-state index in [1.165, 1.54) is 88.4 Å². The molecule has 0 spiro atoms. The number of carboxylic acids is 1. The maximum Gasteiger partial charge on any atom is 0.303 e. The van der Waals surface area contributed by atoms with E-state index >= 15 is 0 Å². The molecule has 0 unspecified atom stereocenters. The third-order valence-electron chi connectivity index (χ3n) is 5.68. The minimum Gasteiger partial charge on any atom is -0.481 e. The van der Waals surface area contributed by atoms with Gasteiger partial charge in [0.15, 0.2) is 0 Å². The Morgan fingerprint density at radius 1 is 0.600 bits per heavy atom. The highest BCUT2D eigenvalue weighted by Gasteiger charge is 2.16. The van der Waals surface area contributed by atoms with E-state index in [2.05, 4.69) is 34.6 Å². The van der Waals surface area contributed by atoms with Crippen molar-refractivity contribution in [3.63, 3.8) is 0 Å². The molecule has 0 fully saturated rings. The Kier molecular flexibility index (Phi) is 21.1. The fourth-order valence-corrected chi connectivity index (χ4v) is 3.28. The minimum atomic E-state index is -0.657. The summed E-state index contributed by atoms with van der Waals surface area (Å²) in [4.78, 5) is 10.3. The van der Waals surface area contributed by atoms with Crippen LogP contribution >= 0.6 is 0 Å². The molecule has 152 valence electrons. The molecule has 0 saturated heterocycles. The summed E-state index contributed by atoms with van der Waals surface area (Å²) >= 11 is 0. The van der Waals surface area contributed by atoms with Crippen molar-refractivity contribution in [2.24, 2.45) is 0 Å². The maximum absolute atomic E-state index is 10.3. The number of rotatable bonds is 16. The van der Waals surface area contributed by atoms with Gasteiger partial charge in [0.1, 0.15) is 0 Å². The van der Waals surface area contributed by atoms with Crippen molar-refractivity contribution >= 4 is 5.97 Å². The monoisotopic (exact) mass is 358 g/mol. The number of nitrogens with zero attached hydrogens (tertiary/aromatic N) is 1. The molecule has 0 aromatic heterocycles. The largest absolute Gasteiger partial charge is 0.481 e. The molecule has 1 N–H and O–H groups in total. The average Bonchev–Trinajstić information content (AvgIpc) is 2.62. The van der Waals surface area contributed by atoms with E-state index in [1.54, 1.807) is 0 Å². The van der Waals surface area contributed by atoms with Crippen molar-refractivity contribution in [2.45, 2.75) is 112 Å². The lowest BCUT2D eigenvalue weighted by Gasteiger charge is -2.34. The van der Waals surface area contributed by atoms with Crippen LogP contribution in [0.5, 0.6) is 0 Å². The smallest absolute Gasteiger partial charge is 0.303 e. The van der Waals surface area contributed by atoms with Crippen LogP contribution in [0.4, 0.5) is 0 Å². The molecule has 0 aliphatic carbocycles. The SMILES string of the molecule is CCCCCCCCCCCCCC(=O)O.CC[N+](CC)(CC)CC. The highest BCUT2D eigenvalue weighted by Crippen LogP contribution is 2.11. The maximum atomic E-state index is 10.3. The van der Waals surface area contributed by atoms with Crippen molar-refractivity contribution in [3.8, 4) is 0 Å². The molecule has 0 aromatic rings. The van der Waals surface area contributed by atoms with Crippen LogP contribution in [0, 0.1) is 0 Å². The Labute approximate surface area is 158 Å². The van der Waals surface area contributed by atoms with Crippen LogP contribution in [0.25, 0.3) is 0 Å². The van der Waals surface area contributed by atoms with Crippen molar-refractivity contribution in [1.29, 1.82) is 0 Å². The Bertz CT molecular complexity index is 258. The summed E-state index contributed by atoms with van der Waals surface area (Å²) in [6, 6.07) is 0. The number of hydrogen-bond acceptors (Lipinski definition) is 1. The Morgan fingerprint density at radius 2 is 0.920 bits per heavy atom. The number of aliphatic carboxylic acids is 1. The highest BCUT2D eigenvalue weighted by molar-refractivity contribution is 5.66. The Hall–Kier alpha value is -0.570. The molecule has 3 heteroatoms. The summed E-state index contributed by atoms with van der Waals surface area (Å²) in [6.07, 6.45) is 14.4. The lowest BCUT2D eigenvalue weighted by Crippen LogP contribution is -2.47. The fourth-order valence-electron chi connectivity index (χ4n) is 3.28. The molecule has 0 saturated carbocycles. The molecule has 0 atom stereocenters. The molecule has 25 heavy (non-hydrogen) atoms. The normalized spacial score (nSPS) is 11.1. The van der Waals surface area contributed by atoms with Crippen LogP contribution in [0.15, 0.2) is 0 Å². The number of unbranched alkanes of at least 4 members (excludes halogenated alkanes) is 10. The first-order chi connectivity index (χ1) is 12.0. The summed E-state index contributed by atoms with van der Waals surface area (Å²) in [5.41, 5.74) is 0. The first-order valence-electron chi connectivity index (χ1n) is 11.1. The molecule has 0 aliphatic heterocycles. The Morgan fingerprint density at radius 3 is 1.16 bits per heavy atom. The zero-order chi connectivity index (χ0) is 19.4. The van der Waals surface area contributed by atoms with Crippen molar-refractivity contribution in [1.82, 2.24) is 0 Å². The van der Waals surface area contributed by atoms with Gasteiger partial charge in [0.05, 0.1) is 26.2 Å². The number of carbonyl (C=O) groups is 1. The van der Waals surface area contributed by atoms with Crippen LogP contribution in [-0.2, 0) is 4.79 Å². The van der Waals surface area contributed by atoms with Gasteiger partial charge in [-0.25, -0.2) is 0 Å². The van der Waals surface area contributed by atoms with Crippen molar-refractivity contribution in [3.05, 3.63) is 0 Å². The van der Waals surface area contributed by atoms with Crippen LogP contribution in [0.3, 0.4) is 0 Å². The quantitative estimate of drug-likeness (QED) is 0.247. The molecular formula is C22H48NO2+. The second-order valence-corrected chi connectivity index (χ2v) is 7.29. The van der Waals surface area contributed by atoms with E-state index in [0.29, 0.717) is 6.42 Å². The summed E-state index contributed by atoms with van der Waals surface area (Å²) in [7, 11) is 0. The van der Waals surface area contributed by atoms with E-state index in [1.807, 2.05) is 0 Å². The predicted octanol–water partition coefficient (Wildman–Crippen LogP) is 6.65.